The fourth-order valence-corrected chi connectivity index (χ4v) is 1.73. The Hall–Kier alpha value is -1.23. The second-order valence-electron chi connectivity index (χ2n) is 3.46. The van der Waals surface area contributed by atoms with E-state index in [-0.39, 0.29) is 0 Å². The van der Waals surface area contributed by atoms with E-state index in [0.717, 1.165) is 29.5 Å². The van der Waals surface area contributed by atoms with Gasteiger partial charge < -0.3 is 16.3 Å². The summed E-state index contributed by atoms with van der Waals surface area (Å²) in [5.41, 5.74) is 6.45. The Morgan fingerprint density at radius 3 is 2.81 bits per heavy atom. The quantitative estimate of drug-likeness (QED) is 0.247. The molecule has 0 atom stereocenters. The first-order valence-electron chi connectivity index (χ1n) is 5.19. The van der Waals surface area contributed by atoms with Gasteiger partial charge in [-0.1, -0.05) is 17.3 Å². The molecule has 0 heterocycles. The molecule has 0 amide bonds. The monoisotopic (exact) mass is 285 g/mol. The zero-order valence-corrected chi connectivity index (χ0v) is 10.6. The molecule has 1 aromatic rings. The number of unbranched alkanes of at least 4 members (excludes halogenated alkanes) is 1. The Morgan fingerprint density at radius 1 is 1.38 bits per heavy atom. The highest BCUT2D eigenvalue weighted by Gasteiger charge is 1.97. The van der Waals surface area contributed by atoms with E-state index in [1.165, 1.54) is 0 Å². The summed E-state index contributed by atoms with van der Waals surface area (Å²) in [6.07, 6.45) is 2.53. The molecule has 4 nitrogen and oxygen atoms in total. The number of halogens is 1. The van der Waals surface area contributed by atoms with Crippen LogP contribution in [0.4, 0.5) is 5.69 Å². The van der Waals surface area contributed by atoms with Gasteiger partial charge in [0.1, 0.15) is 5.84 Å². The van der Waals surface area contributed by atoms with Gasteiger partial charge in [-0.15, -0.1) is 0 Å². The van der Waals surface area contributed by atoms with Crippen LogP contribution in [0.2, 0.25) is 0 Å². The number of anilines is 1. The molecule has 0 aromatic heterocycles. The van der Waals surface area contributed by atoms with Crippen LogP contribution >= 0.6 is 15.9 Å². The maximum atomic E-state index is 8.35. The van der Waals surface area contributed by atoms with E-state index < -0.39 is 0 Å². The first kappa shape index (κ1) is 12.8. The standard InChI is InChI=1S/C11H16BrN3O/c12-9-5-1-2-6-10(9)14-8-4-3-7-11(13)15-16/h1-2,5-6,14,16H,3-4,7-8H2,(H2,13,15). The average molecular weight is 286 g/mol. The lowest BCUT2D eigenvalue weighted by molar-refractivity contribution is 0.316. The van der Waals surface area contributed by atoms with Gasteiger partial charge in [0.05, 0.1) is 0 Å². The Balaban J connectivity index is 2.19. The molecule has 0 unspecified atom stereocenters. The van der Waals surface area contributed by atoms with Crippen LogP contribution in [0.15, 0.2) is 33.9 Å². The number of nitrogens with zero attached hydrogens (tertiary/aromatic N) is 1. The van der Waals surface area contributed by atoms with Gasteiger partial charge in [0, 0.05) is 23.1 Å². The van der Waals surface area contributed by atoms with E-state index >= 15 is 0 Å². The lowest BCUT2D eigenvalue weighted by Gasteiger charge is -2.07. The van der Waals surface area contributed by atoms with Gasteiger partial charge in [-0.25, -0.2) is 0 Å². The largest absolute Gasteiger partial charge is 0.409 e. The normalized spacial score (nSPS) is 11.4. The molecule has 0 bridgehead atoms. The predicted octanol–water partition coefficient (Wildman–Crippen LogP) is 2.78. The molecule has 1 rings (SSSR count). The van der Waals surface area contributed by atoms with Gasteiger partial charge in [0.15, 0.2) is 0 Å². The van der Waals surface area contributed by atoms with Crippen molar-refractivity contribution < 1.29 is 5.21 Å². The molecule has 5 heteroatoms. The number of nitrogens with one attached hydrogen (secondary N) is 1. The van der Waals surface area contributed by atoms with Gasteiger partial charge >= 0.3 is 0 Å². The third-order valence-electron chi connectivity index (χ3n) is 2.18. The number of hydrogen-bond acceptors (Lipinski definition) is 3. The number of nitrogens with two attached hydrogens (primary N) is 1. The molecule has 0 radical (unpaired) electrons. The van der Waals surface area contributed by atoms with Gasteiger partial charge in [0.2, 0.25) is 0 Å². The summed E-state index contributed by atoms with van der Waals surface area (Å²) < 4.78 is 1.06. The number of amidine groups is 1. The molecular formula is C11H16BrN3O. The van der Waals surface area contributed by atoms with Crippen LogP contribution < -0.4 is 11.1 Å². The average Bonchev–Trinajstić information content (AvgIpc) is 2.30. The van der Waals surface area contributed by atoms with E-state index in [1.807, 2.05) is 24.3 Å². The van der Waals surface area contributed by atoms with Crippen molar-refractivity contribution in [3.05, 3.63) is 28.7 Å². The number of rotatable bonds is 6. The van der Waals surface area contributed by atoms with Crippen molar-refractivity contribution in [2.75, 3.05) is 11.9 Å². The predicted molar refractivity (Wildman–Crippen MR) is 69.9 cm³/mol. The SMILES string of the molecule is NC(CCCCNc1ccccc1Br)=NO. The van der Waals surface area contributed by atoms with Crippen LogP contribution in [0, 0.1) is 0 Å². The third-order valence-corrected chi connectivity index (χ3v) is 2.87. The summed E-state index contributed by atoms with van der Waals surface area (Å²) in [6.45, 7) is 0.876. The van der Waals surface area contributed by atoms with E-state index in [4.69, 9.17) is 10.9 Å². The molecule has 0 aliphatic rings. The number of para-hydroxylation sites is 1. The highest BCUT2D eigenvalue weighted by molar-refractivity contribution is 9.10. The van der Waals surface area contributed by atoms with E-state index in [2.05, 4.69) is 26.4 Å². The third kappa shape index (κ3) is 4.53. The van der Waals surface area contributed by atoms with Crippen LogP contribution in [0.5, 0.6) is 0 Å². The van der Waals surface area contributed by atoms with Gasteiger partial charge in [-0.05, 0) is 40.9 Å². The summed E-state index contributed by atoms with van der Waals surface area (Å²) in [5, 5.41) is 14.6. The van der Waals surface area contributed by atoms with Crippen LogP contribution in [0.25, 0.3) is 0 Å². The van der Waals surface area contributed by atoms with Crippen LogP contribution in [0.1, 0.15) is 19.3 Å². The Morgan fingerprint density at radius 2 is 2.12 bits per heavy atom. The molecule has 4 N–H and O–H groups in total. The minimum absolute atomic E-state index is 0.292. The number of hydrogen-bond donors (Lipinski definition) is 3. The van der Waals surface area contributed by atoms with Gasteiger partial charge in [-0.2, -0.15) is 0 Å². The maximum absolute atomic E-state index is 8.35. The first-order chi connectivity index (χ1) is 7.74. The molecule has 16 heavy (non-hydrogen) atoms. The molecule has 0 spiro atoms. The van der Waals surface area contributed by atoms with E-state index in [0.29, 0.717) is 12.3 Å². The number of benzene rings is 1. The number of oxime groups is 1. The van der Waals surface area contributed by atoms with Crippen molar-refractivity contribution in [2.24, 2.45) is 10.9 Å². The summed E-state index contributed by atoms with van der Waals surface area (Å²) in [6, 6.07) is 7.99. The van der Waals surface area contributed by atoms with Crippen molar-refractivity contribution in [1.29, 1.82) is 0 Å². The molecule has 1 aromatic carbocycles. The Bertz CT molecular complexity index is 355. The van der Waals surface area contributed by atoms with E-state index in [1.54, 1.807) is 0 Å². The Labute approximate surface area is 104 Å². The summed E-state index contributed by atoms with van der Waals surface area (Å²) in [5.74, 6) is 0.292. The van der Waals surface area contributed by atoms with Crippen LogP contribution in [-0.2, 0) is 0 Å². The van der Waals surface area contributed by atoms with Crippen LogP contribution in [-0.4, -0.2) is 17.6 Å². The Kier molecular flexibility index (Phi) is 5.71. The van der Waals surface area contributed by atoms with Gasteiger partial charge in [-0.3, -0.25) is 0 Å². The van der Waals surface area contributed by atoms with Crippen molar-refractivity contribution in [3.8, 4) is 0 Å². The van der Waals surface area contributed by atoms with Gasteiger partial charge in [0.25, 0.3) is 0 Å². The first-order valence-corrected chi connectivity index (χ1v) is 5.98. The van der Waals surface area contributed by atoms with Crippen LogP contribution in [0.3, 0.4) is 0 Å². The molecule has 0 saturated heterocycles. The maximum Gasteiger partial charge on any atom is 0.139 e. The van der Waals surface area contributed by atoms with E-state index in [9.17, 15) is 0 Å². The van der Waals surface area contributed by atoms with Crippen molar-refractivity contribution in [3.63, 3.8) is 0 Å². The molecular weight excluding hydrogens is 270 g/mol. The minimum atomic E-state index is 0.292. The molecule has 0 aliphatic carbocycles. The molecule has 88 valence electrons. The fourth-order valence-electron chi connectivity index (χ4n) is 1.31. The molecule has 0 fully saturated rings. The van der Waals surface area contributed by atoms with Crippen molar-refractivity contribution in [2.45, 2.75) is 19.3 Å². The highest BCUT2D eigenvalue weighted by Crippen LogP contribution is 2.20. The van der Waals surface area contributed by atoms with Crippen molar-refractivity contribution >= 4 is 27.5 Å². The smallest absolute Gasteiger partial charge is 0.139 e. The highest BCUT2D eigenvalue weighted by atomic mass is 79.9. The topological polar surface area (TPSA) is 70.6 Å². The second-order valence-corrected chi connectivity index (χ2v) is 4.31. The zero-order chi connectivity index (χ0) is 11.8. The van der Waals surface area contributed by atoms with Crippen molar-refractivity contribution in [1.82, 2.24) is 0 Å². The minimum Gasteiger partial charge on any atom is -0.409 e. The lowest BCUT2D eigenvalue weighted by atomic mass is 10.2. The summed E-state index contributed by atoms with van der Waals surface area (Å²) >= 11 is 3.47. The summed E-state index contributed by atoms with van der Waals surface area (Å²) in [7, 11) is 0. The zero-order valence-electron chi connectivity index (χ0n) is 8.99. The molecule has 0 aliphatic heterocycles. The second kappa shape index (κ2) is 7.11. The molecule has 0 saturated carbocycles. The fraction of sp³-hybridized carbons (Fsp3) is 0.364. The summed E-state index contributed by atoms with van der Waals surface area (Å²) in [4.78, 5) is 0. The lowest BCUT2D eigenvalue weighted by Crippen LogP contribution is -2.11.